The van der Waals surface area contributed by atoms with E-state index < -0.39 is 0 Å². The molecule has 1 aromatic rings. The number of benzene rings is 1. The van der Waals surface area contributed by atoms with Crippen molar-refractivity contribution in [1.82, 2.24) is 0 Å². The molecule has 3 nitrogen and oxygen atoms in total. The van der Waals surface area contributed by atoms with Crippen LogP contribution in [0.2, 0.25) is 0 Å². The second-order valence-corrected chi connectivity index (χ2v) is 5.49. The van der Waals surface area contributed by atoms with Crippen molar-refractivity contribution in [2.24, 2.45) is 5.73 Å². The van der Waals surface area contributed by atoms with E-state index in [4.69, 9.17) is 10.5 Å². The maximum Gasteiger partial charge on any atom is 0.125 e. The third-order valence-corrected chi connectivity index (χ3v) is 4.12. The Balaban J connectivity index is 2.14. The zero-order chi connectivity index (χ0) is 14.4. The minimum absolute atomic E-state index is 0.181. The van der Waals surface area contributed by atoms with E-state index in [2.05, 4.69) is 4.90 Å². The molecule has 0 saturated heterocycles. The fraction of sp³-hybridized carbons (Fsp3) is 0.625. The lowest BCUT2D eigenvalue weighted by Gasteiger charge is -2.38. The lowest BCUT2D eigenvalue weighted by Crippen LogP contribution is -2.42. The first kappa shape index (κ1) is 15.3. The number of hydrogen-bond acceptors (Lipinski definition) is 3. The van der Waals surface area contributed by atoms with Crippen LogP contribution < -0.4 is 10.6 Å². The molecule has 0 amide bonds. The van der Waals surface area contributed by atoms with Gasteiger partial charge in [-0.2, -0.15) is 0 Å². The minimum atomic E-state index is -0.181. The van der Waals surface area contributed by atoms with Crippen LogP contribution in [0.5, 0.6) is 0 Å². The molecule has 1 aromatic carbocycles. The molecular formula is C16H25FN2O. The molecule has 1 aliphatic rings. The smallest absolute Gasteiger partial charge is 0.125 e. The summed E-state index contributed by atoms with van der Waals surface area (Å²) in [5.74, 6) is -0.181. The lowest BCUT2D eigenvalue weighted by atomic mass is 9.91. The van der Waals surface area contributed by atoms with Crippen LogP contribution in [0, 0.1) is 5.82 Å². The van der Waals surface area contributed by atoms with Gasteiger partial charge in [-0.1, -0.05) is 6.07 Å². The fourth-order valence-electron chi connectivity index (χ4n) is 3.06. The van der Waals surface area contributed by atoms with E-state index in [0.29, 0.717) is 18.7 Å². The summed E-state index contributed by atoms with van der Waals surface area (Å²) in [5, 5.41) is 0. The third-order valence-electron chi connectivity index (χ3n) is 4.12. The first-order valence-electron chi connectivity index (χ1n) is 7.49. The highest BCUT2D eigenvalue weighted by molar-refractivity contribution is 5.47. The van der Waals surface area contributed by atoms with Gasteiger partial charge in [0, 0.05) is 25.4 Å². The second-order valence-electron chi connectivity index (χ2n) is 5.49. The van der Waals surface area contributed by atoms with Crippen LogP contribution in [0.1, 0.15) is 32.1 Å². The van der Waals surface area contributed by atoms with Crippen molar-refractivity contribution >= 4 is 5.69 Å². The normalized spacial score (nSPS) is 22.8. The van der Waals surface area contributed by atoms with Gasteiger partial charge in [-0.15, -0.1) is 0 Å². The number of nitrogens with zero attached hydrogens (tertiary/aromatic N) is 1. The highest BCUT2D eigenvalue weighted by atomic mass is 19.1. The zero-order valence-corrected chi connectivity index (χ0v) is 12.2. The first-order valence-corrected chi connectivity index (χ1v) is 7.49. The van der Waals surface area contributed by atoms with Crippen LogP contribution in [-0.2, 0) is 4.74 Å². The summed E-state index contributed by atoms with van der Waals surface area (Å²) in [7, 11) is 1.78. The second kappa shape index (κ2) is 7.60. The average molecular weight is 280 g/mol. The maximum absolute atomic E-state index is 13.5. The molecule has 2 N–H and O–H groups in total. The molecule has 0 bridgehead atoms. The predicted molar refractivity (Wildman–Crippen MR) is 80.5 cm³/mol. The fourth-order valence-corrected chi connectivity index (χ4v) is 3.06. The molecule has 0 aliphatic heterocycles. The molecule has 2 unspecified atom stereocenters. The Morgan fingerprint density at radius 2 is 2.25 bits per heavy atom. The molecular weight excluding hydrogens is 255 g/mol. The Kier molecular flexibility index (Phi) is 5.80. The van der Waals surface area contributed by atoms with Gasteiger partial charge in [0.15, 0.2) is 0 Å². The van der Waals surface area contributed by atoms with Gasteiger partial charge in [0.25, 0.3) is 0 Å². The van der Waals surface area contributed by atoms with Crippen molar-refractivity contribution in [3.05, 3.63) is 30.1 Å². The molecule has 1 aliphatic carbocycles. The third kappa shape index (κ3) is 3.93. The summed E-state index contributed by atoms with van der Waals surface area (Å²) in [6, 6.07) is 7.28. The van der Waals surface area contributed by atoms with Gasteiger partial charge < -0.3 is 15.4 Å². The van der Waals surface area contributed by atoms with E-state index in [0.717, 1.165) is 44.3 Å². The van der Waals surface area contributed by atoms with E-state index in [-0.39, 0.29) is 5.82 Å². The summed E-state index contributed by atoms with van der Waals surface area (Å²) in [6.45, 7) is 1.54. The molecule has 2 atom stereocenters. The van der Waals surface area contributed by atoms with Gasteiger partial charge in [0.2, 0.25) is 0 Å². The van der Waals surface area contributed by atoms with Crippen LogP contribution in [0.15, 0.2) is 24.3 Å². The van der Waals surface area contributed by atoms with Gasteiger partial charge >= 0.3 is 0 Å². The summed E-state index contributed by atoms with van der Waals surface area (Å²) in [5.41, 5.74) is 6.60. The van der Waals surface area contributed by atoms with Gasteiger partial charge in [0.05, 0.1) is 6.10 Å². The van der Waals surface area contributed by atoms with Crippen molar-refractivity contribution in [1.29, 1.82) is 0 Å². The summed E-state index contributed by atoms with van der Waals surface area (Å²) in [6.07, 6.45) is 5.68. The highest BCUT2D eigenvalue weighted by Gasteiger charge is 2.26. The predicted octanol–water partition coefficient (Wildman–Crippen LogP) is 2.94. The molecule has 0 heterocycles. The largest absolute Gasteiger partial charge is 0.381 e. The Hall–Kier alpha value is -1.13. The van der Waals surface area contributed by atoms with Gasteiger partial charge in [-0.25, -0.2) is 4.39 Å². The number of halogens is 1. The summed E-state index contributed by atoms with van der Waals surface area (Å²) < 4.78 is 19.0. The van der Waals surface area contributed by atoms with Gasteiger partial charge in [0.1, 0.15) is 5.82 Å². The molecule has 0 spiro atoms. The van der Waals surface area contributed by atoms with Gasteiger partial charge in [-0.3, -0.25) is 0 Å². The van der Waals surface area contributed by atoms with Crippen molar-refractivity contribution < 1.29 is 9.13 Å². The molecule has 2 rings (SSSR count). The van der Waals surface area contributed by atoms with Crippen molar-refractivity contribution in [3.63, 3.8) is 0 Å². The molecule has 20 heavy (non-hydrogen) atoms. The number of methoxy groups -OCH3 is 1. The molecule has 0 aromatic heterocycles. The SMILES string of the molecule is COC1CCCC(N(CCCN)c2cccc(F)c2)C1. The Morgan fingerprint density at radius 3 is 2.95 bits per heavy atom. The maximum atomic E-state index is 13.5. The average Bonchev–Trinajstić information content (AvgIpc) is 2.48. The summed E-state index contributed by atoms with van der Waals surface area (Å²) >= 11 is 0. The van der Waals surface area contributed by atoms with E-state index in [1.807, 2.05) is 6.07 Å². The minimum Gasteiger partial charge on any atom is -0.381 e. The lowest BCUT2D eigenvalue weighted by molar-refractivity contribution is 0.0630. The van der Waals surface area contributed by atoms with Gasteiger partial charge in [-0.05, 0) is 56.8 Å². The van der Waals surface area contributed by atoms with Crippen molar-refractivity contribution in [3.8, 4) is 0 Å². The monoisotopic (exact) mass is 280 g/mol. The highest BCUT2D eigenvalue weighted by Crippen LogP contribution is 2.29. The number of hydrogen-bond donors (Lipinski definition) is 1. The van der Waals surface area contributed by atoms with Crippen LogP contribution in [0.25, 0.3) is 0 Å². The van der Waals surface area contributed by atoms with Crippen LogP contribution in [0.3, 0.4) is 0 Å². The summed E-state index contributed by atoms with van der Waals surface area (Å²) in [4.78, 5) is 2.31. The molecule has 1 saturated carbocycles. The molecule has 4 heteroatoms. The van der Waals surface area contributed by atoms with Crippen LogP contribution in [-0.4, -0.2) is 32.3 Å². The Morgan fingerprint density at radius 1 is 1.40 bits per heavy atom. The van der Waals surface area contributed by atoms with E-state index in [1.165, 1.54) is 6.07 Å². The van der Waals surface area contributed by atoms with E-state index in [9.17, 15) is 4.39 Å². The topological polar surface area (TPSA) is 38.5 Å². The Labute approximate surface area is 120 Å². The van der Waals surface area contributed by atoms with Crippen molar-refractivity contribution in [2.75, 3.05) is 25.1 Å². The van der Waals surface area contributed by atoms with E-state index >= 15 is 0 Å². The number of rotatable bonds is 6. The Bertz CT molecular complexity index is 413. The molecule has 112 valence electrons. The van der Waals surface area contributed by atoms with Crippen LogP contribution in [0.4, 0.5) is 10.1 Å². The molecule has 0 radical (unpaired) electrons. The standard InChI is InChI=1S/C16H25FN2O/c1-20-16-8-3-7-15(12-16)19(10-4-9-18)14-6-2-5-13(17)11-14/h2,5-6,11,15-16H,3-4,7-10,12,18H2,1H3. The molecule has 1 fully saturated rings. The quantitative estimate of drug-likeness (QED) is 0.870. The zero-order valence-electron chi connectivity index (χ0n) is 12.2. The van der Waals surface area contributed by atoms with E-state index in [1.54, 1.807) is 19.2 Å². The number of anilines is 1. The van der Waals surface area contributed by atoms with Crippen molar-refractivity contribution in [2.45, 2.75) is 44.2 Å². The number of nitrogens with two attached hydrogens (primary N) is 1. The van der Waals surface area contributed by atoms with Crippen LogP contribution >= 0.6 is 0 Å². The number of ether oxygens (including phenoxy) is 1. The first-order chi connectivity index (χ1) is 9.74.